The number of sulfone groups is 1. The first-order valence-electron chi connectivity index (χ1n) is 5.82. The van der Waals surface area contributed by atoms with Crippen LogP contribution in [0.4, 0.5) is 5.69 Å². The molecule has 3 N–H and O–H groups in total. The minimum atomic E-state index is -3.35. The van der Waals surface area contributed by atoms with Crippen molar-refractivity contribution in [1.29, 1.82) is 0 Å². The van der Waals surface area contributed by atoms with Crippen molar-refractivity contribution in [2.75, 3.05) is 11.6 Å². The lowest BCUT2D eigenvalue weighted by Gasteiger charge is -2.36. The van der Waals surface area contributed by atoms with Gasteiger partial charge in [-0.25, -0.2) is 8.42 Å². The molecule has 2 rings (SSSR count). The summed E-state index contributed by atoms with van der Waals surface area (Å²) in [6.45, 7) is 0. The molecule has 0 atom stereocenters. The van der Waals surface area contributed by atoms with Gasteiger partial charge in [-0.05, 0) is 37.5 Å². The number of anilines is 1. The quantitative estimate of drug-likeness (QED) is 0.887. The van der Waals surface area contributed by atoms with Crippen molar-refractivity contribution in [2.24, 2.45) is 5.73 Å². The number of hydrogen-bond acceptors (Lipinski definition) is 4. The predicted molar refractivity (Wildman–Crippen MR) is 74.0 cm³/mol. The molecule has 0 heterocycles. The molecule has 0 aromatic heterocycles. The molecule has 0 radical (unpaired) electrons. The molecule has 0 aliphatic heterocycles. The number of nitrogens with two attached hydrogens (primary N) is 1. The molecular weight excluding hydrogens is 288 g/mol. The SMILES string of the molecule is CS(=O)(=O)c1ccc(Cl)c(NC(=O)C2(N)CCC2)c1. The van der Waals surface area contributed by atoms with E-state index in [0.29, 0.717) is 12.8 Å². The predicted octanol–water partition coefficient (Wildman–Crippen LogP) is 1.56. The fourth-order valence-electron chi connectivity index (χ4n) is 1.86. The van der Waals surface area contributed by atoms with E-state index in [1.807, 2.05) is 0 Å². The van der Waals surface area contributed by atoms with E-state index in [2.05, 4.69) is 5.32 Å². The molecule has 0 saturated heterocycles. The van der Waals surface area contributed by atoms with Crippen LogP contribution in [-0.2, 0) is 14.6 Å². The van der Waals surface area contributed by atoms with E-state index in [4.69, 9.17) is 17.3 Å². The average Bonchev–Trinajstić information content (AvgIpc) is 2.27. The third kappa shape index (κ3) is 2.91. The average molecular weight is 303 g/mol. The summed E-state index contributed by atoms with van der Waals surface area (Å²) in [6.07, 6.45) is 3.27. The summed E-state index contributed by atoms with van der Waals surface area (Å²) in [5.41, 5.74) is 5.31. The number of benzene rings is 1. The van der Waals surface area contributed by atoms with E-state index in [1.54, 1.807) is 0 Å². The molecule has 104 valence electrons. The highest BCUT2D eigenvalue weighted by molar-refractivity contribution is 7.90. The van der Waals surface area contributed by atoms with Crippen LogP contribution in [0.1, 0.15) is 19.3 Å². The van der Waals surface area contributed by atoms with Crippen molar-refractivity contribution in [2.45, 2.75) is 29.7 Å². The van der Waals surface area contributed by atoms with Gasteiger partial charge >= 0.3 is 0 Å². The Kier molecular flexibility index (Phi) is 3.59. The number of carbonyl (C=O) groups is 1. The van der Waals surface area contributed by atoms with E-state index >= 15 is 0 Å². The van der Waals surface area contributed by atoms with Crippen LogP contribution in [0.5, 0.6) is 0 Å². The van der Waals surface area contributed by atoms with E-state index < -0.39 is 15.4 Å². The van der Waals surface area contributed by atoms with Gasteiger partial charge in [0.2, 0.25) is 5.91 Å². The Morgan fingerprint density at radius 1 is 1.42 bits per heavy atom. The van der Waals surface area contributed by atoms with Crippen molar-refractivity contribution >= 4 is 33.0 Å². The highest BCUT2D eigenvalue weighted by Crippen LogP contribution is 2.32. The molecule has 1 saturated carbocycles. The number of hydrogen-bond donors (Lipinski definition) is 2. The Balaban J connectivity index is 2.27. The Hall–Kier alpha value is -1.11. The first-order valence-corrected chi connectivity index (χ1v) is 8.09. The summed E-state index contributed by atoms with van der Waals surface area (Å²) in [5.74, 6) is -0.327. The van der Waals surface area contributed by atoms with Crippen molar-refractivity contribution in [3.63, 3.8) is 0 Å². The van der Waals surface area contributed by atoms with Gasteiger partial charge in [-0.3, -0.25) is 4.79 Å². The topological polar surface area (TPSA) is 89.3 Å². The first kappa shape index (κ1) is 14.3. The molecule has 7 heteroatoms. The van der Waals surface area contributed by atoms with Crippen LogP contribution >= 0.6 is 11.6 Å². The number of nitrogens with one attached hydrogen (secondary N) is 1. The van der Waals surface area contributed by atoms with Crippen LogP contribution < -0.4 is 11.1 Å². The van der Waals surface area contributed by atoms with Crippen molar-refractivity contribution in [3.05, 3.63) is 23.2 Å². The number of halogens is 1. The smallest absolute Gasteiger partial charge is 0.244 e. The summed E-state index contributed by atoms with van der Waals surface area (Å²) in [7, 11) is -3.35. The summed E-state index contributed by atoms with van der Waals surface area (Å²) < 4.78 is 22.9. The lowest BCUT2D eigenvalue weighted by molar-refractivity contribution is -0.123. The second-order valence-electron chi connectivity index (χ2n) is 4.88. The van der Waals surface area contributed by atoms with Crippen molar-refractivity contribution in [1.82, 2.24) is 0 Å². The van der Waals surface area contributed by atoms with E-state index in [-0.39, 0.29) is 21.5 Å². The van der Waals surface area contributed by atoms with Crippen LogP contribution in [0.3, 0.4) is 0 Å². The number of amides is 1. The Morgan fingerprint density at radius 3 is 2.53 bits per heavy atom. The fraction of sp³-hybridized carbons (Fsp3) is 0.417. The second kappa shape index (κ2) is 4.77. The summed E-state index contributed by atoms with van der Waals surface area (Å²) in [5, 5.41) is 2.89. The summed E-state index contributed by atoms with van der Waals surface area (Å²) in [4.78, 5) is 12.1. The molecule has 0 unspecified atom stereocenters. The van der Waals surface area contributed by atoms with Crippen LogP contribution in [0.2, 0.25) is 5.02 Å². The van der Waals surface area contributed by atoms with Crippen LogP contribution in [0.15, 0.2) is 23.1 Å². The zero-order chi connectivity index (χ0) is 14.3. The minimum absolute atomic E-state index is 0.104. The largest absolute Gasteiger partial charge is 0.323 e. The minimum Gasteiger partial charge on any atom is -0.323 e. The van der Waals surface area contributed by atoms with Gasteiger partial charge in [0.05, 0.1) is 21.1 Å². The standard InChI is InChI=1S/C12H15ClN2O3S/c1-19(17,18)8-3-4-9(13)10(7-8)15-11(16)12(14)5-2-6-12/h3-4,7H,2,5-6,14H2,1H3,(H,15,16). The van der Waals surface area contributed by atoms with E-state index in [0.717, 1.165) is 12.7 Å². The molecule has 1 fully saturated rings. The first-order chi connectivity index (χ1) is 8.72. The van der Waals surface area contributed by atoms with Gasteiger partial charge < -0.3 is 11.1 Å². The second-order valence-corrected chi connectivity index (χ2v) is 7.30. The van der Waals surface area contributed by atoms with Gasteiger partial charge in [-0.1, -0.05) is 11.6 Å². The number of carbonyl (C=O) groups excluding carboxylic acids is 1. The van der Waals surface area contributed by atoms with Gasteiger partial charge in [0.1, 0.15) is 0 Å². The zero-order valence-corrected chi connectivity index (χ0v) is 12.0. The van der Waals surface area contributed by atoms with Crippen LogP contribution in [0.25, 0.3) is 0 Å². The number of rotatable bonds is 3. The maximum absolute atomic E-state index is 12.0. The Labute approximate surface area is 117 Å². The lowest BCUT2D eigenvalue weighted by Crippen LogP contribution is -2.56. The molecule has 0 spiro atoms. The van der Waals surface area contributed by atoms with Gasteiger partial charge in [0.25, 0.3) is 0 Å². The van der Waals surface area contributed by atoms with E-state index in [1.165, 1.54) is 18.2 Å². The maximum atomic E-state index is 12.0. The molecule has 1 aliphatic rings. The Morgan fingerprint density at radius 2 is 2.05 bits per heavy atom. The molecular formula is C12H15ClN2O3S. The highest BCUT2D eigenvalue weighted by atomic mass is 35.5. The normalized spacial score (nSPS) is 17.6. The zero-order valence-electron chi connectivity index (χ0n) is 10.4. The molecule has 5 nitrogen and oxygen atoms in total. The van der Waals surface area contributed by atoms with Gasteiger partial charge in [0.15, 0.2) is 9.84 Å². The monoisotopic (exact) mass is 302 g/mol. The molecule has 19 heavy (non-hydrogen) atoms. The fourth-order valence-corrected chi connectivity index (χ4v) is 2.67. The van der Waals surface area contributed by atoms with Crippen LogP contribution in [-0.4, -0.2) is 26.1 Å². The summed E-state index contributed by atoms with van der Waals surface area (Å²) in [6, 6.07) is 4.18. The third-order valence-corrected chi connectivity index (χ3v) is 4.75. The van der Waals surface area contributed by atoms with Gasteiger partial charge in [-0.15, -0.1) is 0 Å². The van der Waals surface area contributed by atoms with Gasteiger partial charge in [0, 0.05) is 6.26 Å². The van der Waals surface area contributed by atoms with Crippen molar-refractivity contribution in [3.8, 4) is 0 Å². The molecule has 1 aromatic carbocycles. The van der Waals surface area contributed by atoms with Crippen molar-refractivity contribution < 1.29 is 13.2 Å². The van der Waals surface area contributed by atoms with E-state index in [9.17, 15) is 13.2 Å². The van der Waals surface area contributed by atoms with Gasteiger partial charge in [-0.2, -0.15) is 0 Å². The Bertz CT molecular complexity index is 624. The molecule has 1 aromatic rings. The molecule has 0 bridgehead atoms. The third-order valence-electron chi connectivity index (χ3n) is 3.31. The highest BCUT2D eigenvalue weighted by Gasteiger charge is 2.40. The molecule has 1 aliphatic carbocycles. The molecule has 1 amide bonds. The van der Waals surface area contributed by atoms with Crippen LogP contribution in [0, 0.1) is 0 Å². The summed E-state index contributed by atoms with van der Waals surface area (Å²) >= 11 is 5.95. The lowest BCUT2D eigenvalue weighted by atomic mass is 9.77. The maximum Gasteiger partial charge on any atom is 0.244 e.